The summed E-state index contributed by atoms with van der Waals surface area (Å²) in [6.45, 7) is 6.83. The molecule has 6 bridgehead atoms. The minimum atomic E-state index is -4.14. The van der Waals surface area contributed by atoms with E-state index in [9.17, 15) is 36.4 Å². The second kappa shape index (κ2) is 15.3. The number of amides is 4. The molecule has 2 aliphatic carbocycles. The van der Waals surface area contributed by atoms with E-state index >= 15 is 0 Å². The molecule has 2 aromatic carbocycles. The van der Waals surface area contributed by atoms with Gasteiger partial charge in [0.05, 0.1) is 17.2 Å². The summed E-state index contributed by atoms with van der Waals surface area (Å²) < 4.78 is 61.4. The van der Waals surface area contributed by atoms with E-state index in [0.29, 0.717) is 37.1 Å². The van der Waals surface area contributed by atoms with Crippen molar-refractivity contribution in [1.29, 1.82) is 0 Å². The van der Waals surface area contributed by atoms with Gasteiger partial charge >= 0.3 is 6.09 Å². The van der Waals surface area contributed by atoms with Crippen molar-refractivity contribution in [2.24, 2.45) is 11.3 Å². The van der Waals surface area contributed by atoms with E-state index in [0.717, 1.165) is 16.7 Å². The van der Waals surface area contributed by atoms with Crippen molar-refractivity contribution in [3.8, 4) is 22.5 Å². The van der Waals surface area contributed by atoms with Crippen molar-refractivity contribution < 1.29 is 41.1 Å². The molecule has 3 fully saturated rings. The van der Waals surface area contributed by atoms with E-state index in [1.165, 1.54) is 9.70 Å². The minimum Gasteiger partial charge on any atom is -0.447 e. The number of carbonyl (C=O) groups is 4. The molecule has 1 unspecified atom stereocenters. The number of hydrogen-bond acceptors (Lipinski definition) is 9. The Labute approximate surface area is 329 Å². The van der Waals surface area contributed by atoms with Crippen molar-refractivity contribution >= 4 is 39.9 Å². The third kappa shape index (κ3) is 8.43. The zero-order chi connectivity index (χ0) is 40.9. The summed E-state index contributed by atoms with van der Waals surface area (Å²) in [4.78, 5) is 58.5. The first-order valence-electron chi connectivity index (χ1n) is 19.2. The van der Waals surface area contributed by atoms with E-state index in [4.69, 9.17) is 14.9 Å². The Morgan fingerprint density at radius 1 is 1.00 bits per heavy atom. The van der Waals surface area contributed by atoms with Gasteiger partial charge in [-0.25, -0.2) is 22.0 Å². The normalized spacial score (nSPS) is 27.4. The number of fused-ring (bicyclic) bond motifs is 8. The van der Waals surface area contributed by atoms with Crippen LogP contribution < -0.4 is 15.4 Å². The maximum absolute atomic E-state index is 14.7. The van der Waals surface area contributed by atoms with Gasteiger partial charge in [-0.05, 0) is 56.1 Å². The zero-order valence-electron chi connectivity index (χ0n) is 32.2. The summed E-state index contributed by atoms with van der Waals surface area (Å²) >= 11 is 0. The molecule has 3 heterocycles. The number of benzene rings is 2. The molecule has 4 amide bonds. The molecular formula is C40H47F2N7O7S. The Morgan fingerprint density at radius 3 is 2.33 bits per heavy atom. The number of allylic oxidation sites excluding steroid dienone is 1. The fourth-order valence-corrected chi connectivity index (χ4v) is 8.89. The Balaban J connectivity index is 1.29. The number of nitrogens with zero attached hydrogens (tertiary/aromatic N) is 4. The second-order valence-corrected chi connectivity index (χ2v) is 18.5. The van der Waals surface area contributed by atoms with Crippen LogP contribution in [0.15, 0.2) is 60.7 Å². The van der Waals surface area contributed by atoms with Crippen LogP contribution in [0.2, 0.25) is 0 Å². The molecule has 3 aromatic rings. The molecule has 6 atom stereocenters. The average molecular weight is 808 g/mol. The van der Waals surface area contributed by atoms with Crippen molar-refractivity contribution in [3.63, 3.8) is 0 Å². The molecule has 14 nitrogen and oxygen atoms in total. The number of cyclic esters (lactones) is 1. The molecule has 7 rings (SSSR count). The maximum Gasteiger partial charge on any atom is 0.408 e. The molecular weight excluding hydrogens is 761 g/mol. The summed E-state index contributed by atoms with van der Waals surface area (Å²) in [5, 5.41) is 14.2. The first-order chi connectivity index (χ1) is 27.0. The van der Waals surface area contributed by atoms with Crippen molar-refractivity contribution in [1.82, 2.24) is 35.2 Å². The quantitative estimate of drug-likeness (QED) is 0.301. The average Bonchev–Trinajstić information content (AvgIpc) is 4.05. The topological polar surface area (TPSA) is 182 Å². The van der Waals surface area contributed by atoms with Gasteiger partial charge in [0, 0.05) is 24.1 Å². The lowest BCUT2D eigenvalue weighted by molar-refractivity contribution is -0.143. The first-order valence-corrected chi connectivity index (χ1v) is 20.7. The molecule has 1 saturated heterocycles. The van der Waals surface area contributed by atoms with Gasteiger partial charge in [0.15, 0.2) is 0 Å². The Morgan fingerprint density at radius 2 is 1.68 bits per heavy atom. The largest absolute Gasteiger partial charge is 0.447 e. The van der Waals surface area contributed by atoms with E-state index in [2.05, 4.69) is 10.6 Å². The molecule has 0 spiro atoms. The van der Waals surface area contributed by atoms with Crippen LogP contribution in [-0.2, 0) is 29.1 Å². The number of halogens is 2. The minimum absolute atomic E-state index is 0.0987. The van der Waals surface area contributed by atoms with Crippen LogP contribution in [0.1, 0.15) is 77.8 Å². The van der Waals surface area contributed by atoms with Gasteiger partial charge in [-0.15, -0.1) is 0 Å². The van der Waals surface area contributed by atoms with Crippen molar-refractivity contribution in [3.05, 3.63) is 66.2 Å². The SMILES string of the molecule is C[C@@H]1CC/C=C/c2cccc(c2)-c2nn(nc2-c2ccccc2)C2C[C@@H](C(=O)N[C@@]3(C(=O)NS(=O)(=O)C4CC4)C[C@H]3C(F)F)N(C2)C(=O)[C@H](C(C)(C)C)NC(=O)O1. The molecule has 1 aromatic heterocycles. The fourth-order valence-electron chi connectivity index (χ4n) is 7.53. The molecule has 17 heteroatoms. The smallest absolute Gasteiger partial charge is 0.408 e. The van der Waals surface area contributed by atoms with Crippen LogP contribution in [0.25, 0.3) is 28.6 Å². The van der Waals surface area contributed by atoms with Gasteiger partial charge in [-0.1, -0.05) is 81.5 Å². The van der Waals surface area contributed by atoms with Gasteiger partial charge in [0.2, 0.25) is 28.3 Å². The summed E-state index contributed by atoms with van der Waals surface area (Å²) in [5.41, 5.74) is 0.409. The van der Waals surface area contributed by atoms with Crippen molar-refractivity contribution in [2.45, 2.75) is 108 Å². The Bertz CT molecular complexity index is 2190. The lowest BCUT2D eigenvalue weighted by Crippen LogP contribution is -2.60. The molecule has 2 aliphatic heterocycles. The lowest BCUT2D eigenvalue weighted by Gasteiger charge is -2.35. The zero-order valence-corrected chi connectivity index (χ0v) is 33.0. The highest BCUT2D eigenvalue weighted by Gasteiger charge is 2.67. The molecule has 0 radical (unpaired) electrons. The van der Waals surface area contributed by atoms with Crippen LogP contribution in [0.3, 0.4) is 0 Å². The summed E-state index contributed by atoms with van der Waals surface area (Å²) in [6.07, 6.45) is 0.714. The lowest BCUT2D eigenvalue weighted by atomic mass is 9.85. The molecule has 304 valence electrons. The van der Waals surface area contributed by atoms with Gasteiger partial charge in [0.25, 0.3) is 5.91 Å². The molecule has 2 saturated carbocycles. The van der Waals surface area contributed by atoms with E-state index < -0.39 is 93.0 Å². The summed E-state index contributed by atoms with van der Waals surface area (Å²) in [6, 6.07) is 13.8. The van der Waals surface area contributed by atoms with Crippen LogP contribution >= 0.6 is 0 Å². The monoisotopic (exact) mass is 807 g/mol. The molecule has 4 aliphatic rings. The third-order valence-corrected chi connectivity index (χ3v) is 12.8. The van der Waals surface area contributed by atoms with Gasteiger partial charge < -0.3 is 20.3 Å². The number of sulfonamides is 1. The summed E-state index contributed by atoms with van der Waals surface area (Å²) in [7, 11) is -4.14. The van der Waals surface area contributed by atoms with Crippen LogP contribution in [0, 0.1) is 11.3 Å². The molecule has 57 heavy (non-hydrogen) atoms. The van der Waals surface area contributed by atoms with Gasteiger partial charge in [-0.2, -0.15) is 15.0 Å². The number of rotatable bonds is 7. The first kappa shape index (κ1) is 40.0. The Kier molecular flexibility index (Phi) is 10.7. The van der Waals surface area contributed by atoms with Crippen LogP contribution in [0.4, 0.5) is 13.6 Å². The predicted octanol–water partition coefficient (Wildman–Crippen LogP) is 4.84. The second-order valence-electron chi connectivity index (χ2n) is 16.5. The third-order valence-electron chi connectivity index (χ3n) is 11.0. The number of carbonyl (C=O) groups excluding carboxylic acids is 4. The number of ether oxygens (including phenoxy) is 1. The highest BCUT2D eigenvalue weighted by molar-refractivity contribution is 7.91. The molecule has 3 N–H and O–H groups in total. The number of aromatic nitrogens is 3. The number of alkyl carbamates (subject to hydrolysis) is 1. The number of nitrogens with one attached hydrogen (secondary N) is 3. The van der Waals surface area contributed by atoms with Gasteiger partial charge in [-0.3, -0.25) is 19.1 Å². The standard InChI is InChI=1S/C40H47F2N7O7S/c1-23-11-8-9-12-24-13-10-16-26(19-24)32-31(25-14-6-5-7-15-25)45-49(46-32)27-20-30(48(22-27)36(51)33(39(2,3)4)43-38(53)56-23)35(50)44-40(21-29(40)34(41)42)37(52)47-57(54,55)28-17-18-28/h5-7,9-10,12-16,19,23,27-30,33-34H,8,11,17-18,20-22H2,1-4H3,(H,43,53)(H,44,50)(H,47,52)/b12-9+/t23-,27?,29+,30+,33-,40+/m1/s1. The number of hydrogen-bond donors (Lipinski definition) is 3. The van der Waals surface area contributed by atoms with Crippen LogP contribution in [-0.4, -0.2) is 94.1 Å². The number of alkyl halides is 2. The fraction of sp³-hybridized carbons (Fsp3) is 0.500. The van der Waals surface area contributed by atoms with E-state index in [-0.39, 0.29) is 13.0 Å². The van der Waals surface area contributed by atoms with Gasteiger partial charge in [0.1, 0.15) is 35.1 Å². The van der Waals surface area contributed by atoms with E-state index in [1.54, 1.807) is 27.7 Å². The Hall–Kier alpha value is -5.19. The van der Waals surface area contributed by atoms with Crippen molar-refractivity contribution in [2.75, 3.05) is 6.54 Å². The highest BCUT2D eigenvalue weighted by Crippen LogP contribution is 2.49. The predicted molar refractivity (Wildman–Crippen MR) is 206 cm³/mol. The summed E-state index contributed by atoms with van der Waals surface area (Å²) in [5.74, 6) is -4.49. The highest BCUT2D eigenvalue weighted by atomic mass is 32.2. The van der Waals surface area contributed by atoms with Crippen LogP contribution in [0.5, 0.6) is 0 Å². The van der Waals surface area contributed by atoms with E-state index in [1.807, 2.05) is 71.5 Å². The maximum atomic E-state index is 14.7.